The van der Waals surface area contributed by atoms with Gasteiger partial charge >= 0.3 is 11.9 Å². The summed E-state index contributed by atoms with van der Waals surface area (Å²) in [5, 5.41) is 34.6. The molecule has 4 atom stereocenters. The second-order valence-electron chi connectivity index (χ2n) is 8.26. The number of hydrogen-bond donors (Lipinski definition) is 7. The number of amides is 3. The van der Waals surface area contributed by atoms with Crippen LogP contribution in [0.5, 0.6) is 5.75 Å². The summed E-state index contributed by atoms with van der Waals surface area (Å²) in [7, 11) is 0. The normalized spacial score (nSPS) is 14.4. The molecule has 1 rings (SSSR count). The number of nitrogens with two attached hydrogens (primary N) is 1. The molecule has 188 valence electrons. The molecule has 0 aromatic heterocycles. The molecule has 0 bridgehead atoms. The molecule has 0 radical (unpaired) electrons. The fraction of sp³-hybridized carbons (Fsp3) is 0.500. The van der Waals surface area contributed by atoms with E-state index in [4.69, 9.17) is 15.9 Å². The second kappa shape index (κ2) is 13.1. The van der Waals surface area contributed by atoms with Crippen LogP contribution in [0.1, 0.15) is 39.2 Å². The van der Waals surface area contributed by atoms with E-state index in [0.29, 0.717) is 5.56 Å². The van der Waals surface area contributed by atoms with Crippen molar-refractivity contribution in [3.63, 3.8) is 0 Å². The molecule has 0 aliphatic carbocycles. The maximum absolute atomic E-state index is 13.1. The lowest BCUT2D eigenvalue weighted by molar-refractivity contribution is -0.142. The van der Waals surface area contributed by atoms with Gasteiger partial charge in [-0.3, -0.25) is 24.0 Å². The van der Waals surface area contributed by atoms with Gasteiger partial charge < -0.3 is 37.0 Å². The van der Waals surface area contributed by atoms with Crippen LogP contribution in [0.4, 0.5) is 0 Å². The Balaban J connectivity index is 3.11. The lowest BCUT2D eigenvalue weighted by atomic mass is 10.0. The van der Waals surface area contributed by atoms with Crippen molar-refractivity contribution in [3.05, 3.63) is 29.8 Å². The van der Waals surface area contributed by atoms with Gasteiger partial charge in [-0.25, -0.2) is 0 Å². The molecule has 0 spiro atoms. The molecule has 12 nitrogen and oxygen atoms in total. The summed E-state index contributed by atoms with van der Waals surface area (Å²) >= 11 is 0. The molecule has 0 saturated carbocycles. The van der Waals surface area contributed by atoms with Crippen molar-refractivity contribution in [1.29, 1.82) is 0 Å². The number of hydrogen-bond acceptors (Lipinski definition) is 7. The number of carbonyl (C=O) groups excluding carboxylic acids is 3. The van der Waals surface area contributed by atoms with Crippen LogP contribution in [-0.2, 0) is 30.4 Å². The maximum atomic E-state index is 13.1. The fourth-order valence-electron chi connectivity index (χ4n) is 2.83. The van der Waals surface area contributed by atoms with Gasteiger partial charge in [-0.2, -0.15) is 0 Å². The number of aromatic hydroxyl groups is 1. The predicted molar refractivity (Wildman–Crippen MR) is 121 cm³/mol. The van der Waals surface area contributed by atoms with E-state index in [1.54, 1.807) is 26.0 Å². The summed E-state index contributed by atoms with van der Waals surface area (Å²) in [6.45, 7) is 4.68. The standard InChI is InChI=1S/C22H32N4O8/c1-11(2)18(23)21(32)26-16(10-13-4-6-14(27)7-5-13)20(31)25-15(8-9-17(28)29)19(30)24-12(3)22(33)34/h4-7,11-12,15-16,18,27H,8-10,23H2,1-3H3,(H,24,30)(H,25,31)(H,26,32)(H,28,29)(H,33,34). The van der Waals surface area contributed by atoms with E-state index in [2.05, 4.69) is 16.0 Å². The molecule has 0 heterocycles. The third kappa shape index (κ3) is 9.45. The molecule has 0 aliphatic heterocycles. The number of rotatable bonds is 13. The Labute approximate surface area is 196 Å². The number of nitrogens with one attached hydrogen (secondary N) is 3. The Hall–Kier alpha value is -3.67. The molecule has 34 heavy (non-hydrogen) atoms. The van der Waals surface area contributed by atoms with Crippen LogP contribution in [0.15, 0.2) is 24.3 Å². The van der Waals surface area contributed by atoms with E-state index >= 15 is 0 Å². The average Bonchev–Trinajstić information content (AvgIpc) is 2.76. The zero-order valence-electron chi connectivity index (χ0n) is 19.3. The number of phenolic OH excluding ortho intramolecular Hbond substituents is 1. The largest absolute Gasteiger partial charge is 0.508 e. The average molecular weight is 481 g/mol. The van der Waals surface area contributed by atoms with Crippen LogP contribution >= 0.6 is 0 Å². The van der Waals surface area contributed by atoms with Gasteiger partial charge in [0.2, 0.25) is 17.7 Å². The SMILES string of the molecule is CC(NC(=O)C(CCC(=O)O)NC(=O)C(Cc1ccc(O)cc1)NC(=O)C(N)C(C)C)C(=O)O. The van der Waals surface area contributed by atoms with Crippen LogP contribution in [0.2, 0.25) is 0 Å². The highest BCUT2D eigenvalue weighted by atomic mass is 16.4. The van der Waals surface area contributed by atoms with Gasteiger partial charge in [0.05, 0.1) is 6.04 Å². The molecular formula is C22H32N4O8. The number of benzene rings is 1. The molecule has 4 unspecified atom stereocenters. The number of carboxylic acids is 2. The van der Waals surface area contributed by atoms with E-state index in [9.17, 15) is 29.1 Å². The lowest BCUT2D eigenvalue weighted by Crippen LogP contribution is -2.57. The third-order valence-corrected chi connectivity index (χ3v) is 5.04. The lowest BCUT2D eigenvalue weighted by Gasteiger charge is -2.25. The minimum absolute atomic E-state index is 0.00794. The first-order chi connectivity index (χ1) is 15.8. The fourth-order valence-corrected chi connectivity index (χ4v) is 2.83. The van der Waals surface area contributed by atoms with E-state index in [0.717, 1.165) is 0 Å². The zero-order chi connectivity index (χ0) is 26.0. The highest BCUT2D eigenvalue weighted by molar-refractivity contribution is 5.94. The maximum Gasteiger partial charge on any atom is 0.325 e. The molecule has 0 aliphatic rings. The highest BCUT2D eigenvalue weighted by Gasteiger charge is 2.30. The van der Waals surface area contributed by atoms with Crippen molar-refractivity contribution >= 4 is 29.7 Å². The first-order valence-electron chi connectivity index (χ1n) is 10.7. The number of phenols is 1. The number of carboxylic acid groups (broad SMARTS) is 2. The van der Waals surface area contributed by atoms with Crippen LogP contribution in [0, 0.1) is 5.92 Å². The molecule has 8 N–H and O–H groups in total. The van der Waals surface area contributed by atoms with Gasteiger partial charge in [0, 0.05) is 12.8 Å². The minimum atomic E-state index is -1.36. The zero-order valence-corrected chi connectivity index (χ0v) is 19.3. The smallest absolute Gasteiger partial charge is 0.325 e. The molecule has 0 fully saturated rings. The van der Waals surface area contributed by atoms with Crippen molar-refractivity contribution in [2.24, 2.45) is 11.7 Å². The first-order valence-corrected chi connectivity index (χ1v) is 10.7. The van der Waals surface area contributed by atoms with Gasteiger partial charge in [-0.1, -0.05) is 26.0 Å². The summed E-state index contributed by atoms with van der Waals surface area (Å²) in [6, 6.07) is 1.19. The molecule has 3 amide bonds. The van der Waals surface area contributed by atoms with Gasteiger partial charge in [0.15, 0.2) is 0 Å². The number of aliphatic carboxylic acids is 2. The monoisotopic (exact) mass is 480 g/mol. The quantitative estimate of drug-likeness (QED) is 0.191. The molecule has 1 aromatic rings. The second-order valence-corrected chi connectivity index (χ2v) is 8.26. The Kier molecular flexibility index (Phi) is 11.0. The highest BCUT2D eigenvalue weighted by Crippen LogP contribution is 2.12. The Morgan fingerprint density at radius 3 is 1.88 bits per heavy atom. The van der Waals surface area contributed by atoms with Gasteiger partial charge in [-0.15, -0.1) is 0 Å². The summed E-state index contributed by atoms with van der Waals surface area (Å²) in [5.74, 6) is -4.99. The molecule has 1 aromatic carbocycles. The van der Waals surface area contributed by atoms with Crippen LogP contribution in [0.25, 0.3) is 0 Å². The van der Waals surface area contributed by atoms with Crippen molar-refractivity contribution in [3.8, 4) is 5.75 Å². The summed E-state index contributed by atoms with van der Waals surface area (Å²) in [4.78, 5) is 60.2. The van der Waals surface area contributed by atoms with E-state index < -0.39 is 60.2 Å². The van der Waals surface area contributed by atoms with Gasteiger partial charge in [0.25, 0.3) is 0 Å². The summed E-state index contributed by atoms with van der Waals surface area (Å²) < 4.78 is 0. The Morgan fingerprint density at radius 1 is 0.853 bits per heavy atom. The first kappa shape index (κ1) is 28.4. The topological polar surface area (TPSA) is 208 Å². The Morgan fingerprint density at radius 2 is 1.38 bits per heavy atom. The van der Waals surface area contributed by atoms with Crippen molar-refractivity contribution in [2.75, 3.05) is 0 Å². The molecular weight excluding hydrogens is 448 g/mol. The van der Waals surface area contributed by atoms with Crippen molar-refractivity contribution in [2.45, 2.75) is 64.2 Å². The van der Waals surface area contributed by atoms with Crippen LogP contribution < -0.4 is 21.7 Å². The molecule has 0 saturated heterocycles. The van der Waals surface area contributed by atoms with E-state index in [1.165, 1.54) is 19.1 Å². The molecule has 12 heteroatoms. The van der Waals surface area contributed by atoms with Gasteiger partial charge in [-0.05, 0) is 37.0 Å². The predicted octanol–water partition coefficient (Wildman–Crippen LogP) is -0.658. The third-order valence-electron chi connectivity index (χ3n) is 5.04. The van der Waals surface area contributed by atoms with Crippen molar-refractivity contribution < 1.29 is 39.3 Å². The summed E-state index contributed by atoms with van der Waals surface area (Å²) in [5.41, 5.74) is 6.46. The van der Waals surface area contributed by atoms with Gasteiger partial charge in [0.1, 0.15) is 23.9 Å². The van der Waals surface area contributed by atoms with E-state index in [-0.39, 0.29) is 24.5 Å². The number of carbonyl (C=O) groups is 5. The minimum Gasteiger partial charge on any atom is -0.508 e. The van der Waals surface area contributed by atoms with Crippen LogP contribution in [0.3, 0.4) is 0 Å². The van der Waals surface area contributed by atoms with Crippen LogP contribution in [-0.4, -0.2) is 69.1 Å². The van der Waals surface area contributed by atoms with Crippen molar-refractivity contribution in [1.82, 2.24) is 16.0 Å². The Bertz CT molecular complexity index is 887. The summed E-state index contributed by atoms with van der Waals surface area (Å²) in [6.07, 6.45) is -0.779. The van der Waals surface area contributed by atoms with E-state index in [1.807, 2.05) is 0 Å².